The summed E-state index contributed by atoms with van der Waals surface area (Å²) in [7, 11) is 0. The molecule has 0 spiro atoms. The predicted octanol–water partition coefficient (Wildman–Crippen LogP) is 3.06. The number of hydrogen-bond donors (Lipinski definition) is 1. The fourth-order valence-corrected chi connectivity index (χ4v) is 1.94. The second kappa shape index (κ2) is 6.00. The standard InChI is InChI=1S/C14H11N3O5/c1-9-7-11(16(19)20)8-12(17(21)22)13(9)15-14(18)10-5-3-2-4-6-10/h2-8H,1H3,(H,15,18). The fourth-order valence-electron chi connectivity index (χ4n) is 1.94. The predicted molar refractivity (Wildman–Crippen MR) is 78.9 cm³/mol. The van der Waals surface area contributed by atoms with Gasteiger partial charge < -0.3 is 5.32 Å². The van der Waals surface area contributed by atoms with Crippen LogP contribution < -0.4 is 5.32 Å². The smallest absolute Gasteiger partial charge is 0.299 e. The van der Waals surface area contributed by atoms with Gasteiger partial charge >= 0.3 is 0 Å². The number of nitrogens with zero attached hydrogens (tertiary/aromatic N) is 2. The molecule has 0 radical (unpaired) electrons. The molecule has 0 aliphatic rings. The Balaban J connectivity index is 2.44. The van der Waals surface area contributed by atoms with Crippen LogP contribution in [0.25, 0.3) is 0 Å². The lowest BCUT2D eigenvalue weighted by Crippen LogP contribution is -2.14. The van der Waals surface area contributed by atoms with Crippen LogP contribution in [0.5, 0.6) is 0 Å². The molecule has 2 aromatic carbocycles. The molecule has 0 aromatic heterocycles. The minimum Gasteiger partial charge on any atom is -0.316 e. The summed E-state index contributed by atoms with van der Waals surface area (Å²) in [5.74, 6) is -0.527. The number of nitrogens with one attached hydrogen (secondary N) is 1. The van der Waals surface area contributed by atoms with Crippen molar-refractivity contribution < 1.29 is 14.6 Å². The molecule has 2 rings (SSSR count). The largest absolute Gasteiger partial charge is 0.316 e. The number of carbonyl (C=O) groups excluding carboxylic acids is 1. The lowest BCUT2D eigenvalue weighted by Gasteiger charge is -2.09. The van der Waals surface area contributed by atoms with Crippen LogP contribution >= 0.6 is 0 Å². The average molecular weight is 301 g/mol. The van der Waals surface area contributed by atoms with Crippen molar-refractivity contribution in [1.29, 1.82) is 0 Å². The Bertz CT molecular complexity index is 759. The number of rotatable bonds is 4. The lowest BCUT2D eigenvalue weighted by atomic mass is 10.1. The molecule has 0 aliphatic heterocycles. The van der Waals surface area contributed by atoms with Crippen LogP contribution in [0.1, 0.15) is 15.9 Å². The van der Waals surface area contributed by atoms with E-state index in [9.17, 15) is 25.0 Å². The van der Waals surface area contributed by atoms with Crippen LogP contribution in [0, 0.1) is 27.2 Å². The molecule has 0 saturated heterocycles. The molecule has 0 bridgehead atoms. The highest BCUT2D eigenvalue weighted by atomic mass is 16.6. The molecule has 112 valence electrons. The quantitative estimate of drug-likeness (QED) is 0.688. The molecule has 22 heavy (non-hydrogen) atoms. The summed E-state index contributed by atoms with van der Waals surface area (Å²) < 4.78 is 0. The molecule has 0 saturated carbocycles. The molecule has 0 aliphatic carbocycles. The highest BCUT2D eigenvalue weighted by Gasteiger charge is 2.24. The SMILES string of the molecule is Cc1cc([N+](=O)[O-])cc([N+](=O)[O-])c1NC(=O)c1ccccc1. The first-order valence-corrected chi connectivity index (χ1v) is 6.20. The number of hydrogen-bond acceptors (Lipinski definition) is 5. The van der Waals surface area contributed by atoms with Crippen molar-refractivity contribution in [3.05, 3.63) is 73.8 Å². The van der Waals surface area contributed by atoms with E-state index >= 15 is 0 Å². The Labute approximate surface area is 124 Å². The molecular weight excluding hydrogens is 290 g/mol. The minimum absolute atomic E-state index is 0.0514. The molecule has 0 atom stereocenters. The number of nitro benzene ring substituents is 2. The summed E-state index contributed by atoms with van der Waals surface area (Å²) >= 11 is 0. The summed E-state index contributed by atoms with van der Waals surface area (Å²) in [5, 5.41) is 24.3. The number of benzene rings is 2. The Morgan fingerprint density at radius 2 is 1.68 bits per heavy atom. The van der Waals surface area contributed by atoms with Crippen LogP contribution in [0.3, 0.4) is 0 Å². The lowest BCUT2D eigenvalue weighted by molar-refractivity contribution is -0.393. The van der Waals surface area contributed by atoms with Gasteiger partial charge in [0.1, 0.15) is 5.69 Å². The molecule has 0 fully saturated rings. The van der Waals surface area contributed by atoms with Gasteiger partial charge in [-0.15, -0.1) is 0 Å². The van der Waals surface area contributed by atoms with E-state index in [4.69, 9.17) is 0 Å². The van der Waals surface area contributed by atoms with Crippen LogP contribution in [0.4, 0.5) is 17.1 Å². The Morgan fingerprint density at radius 3 is 2.23 bits per heavy atom. The zero-order chi connectivity index (χ0) is 16.3. The summed E-state index contributed by atoms with van der Waals surface area (Å²) in [4.78, 5) is 32.5. The topological polar surface area (TPSA) is 115 Å². The minimum atomic E-state index is -0.763. The third-order valence-corrected chi connectivity index (χ3v) is 2.98. The zero-order valence-corrected chi connectivity index (χ0v) is 11.5. The van der Waals surface area contributed by atoms with Gasteiger partial charge in [0.05, 0.1) is 15.9 Å². The van der Waals surface area contributed by atoms with Crippen molar-refractivity contribution in [3.8, 4) is 0 Å². The van der Waals surface area contributed by atoms with E-state index < -0.39 is 27.1 Å². The summed E-state index contributed by atoms with van der Waals surface area (Å²) in [5.41, 5.74) is -0.401. The molecule has 1 N–H and O–H groups in total. The van der Waals surface area contributed by atoms with Gasteiger partial charge in [-0.1, -0.05) is 18.2 Å². The van der Waals surface area contributed by atoms with Crippen LogP contribution in [0.2, 0.25) is 0 Å². The summed E-state index contributed by atoms with van der Waals surface area (Å²) in [6.07, 6.45) is 0. The summed E-state index contributed by atoms with van der Waals surface area (Å²) in [6.45, 7) is 1.46. The maximum absolute atomic E-state index is 12.1. The highest BCUT2D eigenvalue weighted by Crippen LogP contribution is 2.33. The number of carbonyl (C=O) groups is 1. The molecule has 0 unspecified atom stereocenters. The monoisotopic (exact) mass is 301 g/mol. The average Bonchev–Trinajstić information content (AvgIpc) is 2.49. The van der Waals surface area contributed by atoms with Gasteiger partial charge in [-0.2, -0.15) is 0 Å². The van der Waals surface area contributed by atoms with Crippen molar-refractivity contribution in [3.63, 3.8) is 0 Å². The van der Waals surface area contributed by atoms with Crippen molar-refractivity contribution in [2.75, 3.05) is 5.32 Å². The Kier molecular flexibility index (Phi) is 4.12. The Morgan fingerprint density at radius 1 is 1.05 bits per heavy atom. The van der Waals surface area contributed by atoms with E-state index in [1.54, 1.807) is 30.3 Å². The van der Waals surface area contributed by atoms with Gasteiger partial charge in [0.2, 0.25) is 0 Å². The number of aryl methyl sites for hydroxylation is 1. The second-order valence-electron chi connectivity index (χ2n) is 4.49. The third kappa shape index (κ3) is 3.06. The van der Waals surface area contributed by atoms with Crippen molar-refractivity contribution >= 4 is 23.0 Å². The molecule has 8 heteroatoms. The zero-order valence-electron chi connectivity index (χ0n) is 11.5. The van der Waals surface area contributed by atoms with E-state index in [0.717, 1.165) is 6.07 Å². The van der Waals surface area contributed by atoms with Crippen molar-refractivity contribution in [2.24, 2.45) is 0 Å². The molecular formula is C14H11N3O5. The normalized spacial score (nSPS) is 10.0. The highest BCUT2D eigenvalue weighted by molar-refractivity contribution is 6.06. The molecule has 2 aromatic rings. The first kappa shape index (κ1) is 15.1. The van der Waals surface area contributed by atoms with Gasteiger partial charge in [0.15, 0.2) is 0 Å². The van der Waals surface area contributed by atoms with E-state index in [0.29, 0.717) is 5.56 Å². The number of anilines is 1. The van der Waals surface area contributed by atoms with Gasteiger partial charge in [-0.3, -0.25) is 25.0 Å². The maximum Gasteiger partial charge on any atom is 0.299 e. The maximum atomic E-state index is 12.1. The van der Waals surface area contributed by atoms with Crippen LogP contribution in [-0.4, -0.2) is 15.8 Å². The molecule has 1 amide bonds. The van der Waals surface area contributed by atoms with E-state index in [1.165, 1.54) is 13.0 Å². The van der Waals surface area contributed by atoms with E-state index in [1.807, 2.05) is 0 Å². The molecule has 8 nitrogen and oxygen atoms in total. The van der Waals surface area contributed by atoms with Crippen LogP contribution in [0.15, 0.2) is 42.5 Å². The first-order chi connectivity index (χ1) is 10.4. The van der Waals surface area contributed by atoms with Crippen molar-refractivity contribution in [2.45, 2.75) is 6.92 Å². The van der Waals surface area contributed by atoms with Crippen molar-refractivity contribution in [1.82, 2.24) is 0 Å². The molecule has 0 heterocycles. The Hall–Kier alpha value is -3.29. The van der Waals surface area contributed by atoms with Gasteiger partial charge in [0.25, 0.3) is 17.3 Å². The first-order valence-electron chi connectivity index (χ1n) is 6.20. The third-order valence-electron chi connectivity index (χ3n) is 2.98. The van der Waals surface area contributed by atoms with E-state index in [-0.39, 0.29) is 11.3 Å². The van der Waals surface area contributed by atoms with Gasteiger partial charge in [-0.05, 0) is 24.6 Å². The fraction of sp³-hybridized carbons (Fsp3) is 0.0714. The van der Waals surface area contributed by atoms with Gasteiger partial charge in [0, 0.05) is 11.6 Å². The number of non-ortho nitro benzene ring substituents is 1. The number of nitro groups is 2. The van der Waals surface area contributed by atoms with Gasteiger partial charge in [-0.25, -0.2) is 0 Å². The second-order valence-corrected chi connectivity index (χ2v) is 4.49. The number of amides is 1. The van der Waals surface area contributed by atoms with E-state index in [2.05, 4.69) is 5.32 Å². The van der Waals surface area contributed by atoms with Crippen LogP contribution in [-0.2, 0) is 0 Å². The summed E-state index contributed by atoms with van der Waals surface area (Å²) in [6, 6.07) is 10.2.